The summed E-state index contributed by atoms with van der Waals surface area (Å²) in [6.45, 7) is 2.66. The smallest absolute Gasteiger partial charge is 0.274 e. The van der Waals surface area contributed by atoms with Gasteiger partial charge in [-0.2, -0.15) is 5.10 Å². The van der Waals surface area contributed by atoms with E-state index in [-0.39, 0.29) is 5.91 Å². The lowest BCUT2D eigenvalue weighted by molar-refractivity contribution is 0.0777. The van der Waals surface area contributed by atoms with Gasteiger partial charge in [0.2, 0.25) is 0 Å². The summed E-state index contributed by atoms with van der Waals surface area (Å²) >= 11 is 0. The van der Waals surface area contributed by atoms with Crippen molar-refractivity contribution in [3.05, 3.63) is 82.7 Å². The van der Waals surface area contributed by atoms with Crippen molar-refractivity contribution in [3.8, 4) is 5.69 Å². The van der Waals surface area contributed by atoms with Crippen LogP contribution in [0.3, 0.4) is 0 Å². The number of amides is 1. The van der Waals surface area contributed by atoms with Gasteiger partial charge in [-0.3, -0.25) is 4.79 Å². The molecule has 1 heterocycles. The van der Waals surface area contributed by atoms with Gasteiger partial charge in [0.1, 0.15) is 0 Å². The van der Waals surface area contributed by atoms with Crippen LogP contribution in [0.15, 0.2) is 54.6 Å². The molecule has 26 heavy (non-hydrogen) atoms. The number of nitrogens with zero attached hydrogens (tertiary/aromatic N) is 3. The zero-order valence-corrected chi connectivity index (χ0v) is 15.3. The van der Waals surface area contributed by atoms with Gasteiger partial charge in [0.25, 0.3) is 5.91 Å². The molecule has 4 rings (SSSR count). The average molecular weight is 345 g/mol. The molecule has 0 spiro atoms. The number of hydrogen-bond donors (Lipinski definition) is 0. The van der Waals surface area contributed by atoms with Gasteiger partial charge in [-0.15, -0.1) is 0 Å². The van der Waals surface area contributed by atoms with E-state index in [1.54, 1.807) is 4.90 Å². The highest BCUT2D eigenvalue weighted by Crippen LogP contribution is 2.28. The van der Waals surface area contributed by atoms with Gasteiger partial charge in [-0.25, -0.2) is 4.68 Å². The van der Waals surface area contributed by atoms with Gasteiger partial charge in [-0.05, 0) is 43.9 Å². The van der Waals surface area contributed by atoms with Crippen molar-refractivity contribution in [2.24, 2.45) is 0 Å². The molecule has 4 heteroatoms. The minimum Gasteiger partial charge on any atom is -0.336 e. The topological polar surface area (TPSA) is 38.1 Å². The maximum absolute atomic E-state index is 13.1. The molecule has 4 nitrogen and oxygen atoms in total. The highest BCUT2D eigenvalue weighted by molar-refractivity contribution is 5.94. The molecule has 0 bridgehead atoms. The number of para-hydroxylation sites is 1. The number of carbonyl (C=O) groups is 1. The van der Waals surface area contributed by atoms with Gasteiger partial charge in [0.15, 0.2) is 5.69 Å². The van der Waals surface area contributed by atoms with Crippen molar-refractivity contribution < 1.29 is 4.79 Å². The van der Waals surface area contributed by atoms with Crippen molar-refractivity contribution >= 4 is 5.91 Å². The highest BCUT2D eigenvalue weighted by Gasteiger charge is 2.28. The van der Waals surface area contributed by atoms with Crippen LogP contribution in [0.5, 0.6) is 0 Å². The monoisotopic (exact) mass is 345 g/mol. The summed E-state index contributed by atoms with van der Waals surface area (Å²) in [6.07, 6.45) is 3.00. The Labute approximate surface area is 154 Å². The molecule has 0 aliphatic heterocycles. The molecule has 3 aromatic rings. The molecular formula is C22H23N3O. The molecule has 1 amide bonds. The minimum absolute atomic E-state index is 0.00148. The fourth-order valence-electron chi connectivity index (χ4n) is 3.61. The molecule has 0 unspecified atom stereocenters. The normalized spacial score (nSPS) is 12.8. The van der Waals surface area contributed by atoms with E-state index in [4.69, 9.17) is 5.10 Å². The molecule has 1 aromatic heterocycles. The Balaban J connectivity index is 1.63. The van der Waals surface area contributed by atoms with Crippen molar-refractivity contribution in [2.75, 3.05) is 7.05 Å². The third kappa shape index (κ3) is 3.03. The maximum Gasteiger partial charge on any atom is 0.274 e. The van der Waals surface area contributed by atoms with Crippen LogP contribution in [0.4, 0.5) is 0 Å². The predicted molar refractivity (Wildman–Crippen MR) is 103 cm³/mol. The minimum atomic E-state index is -0.00148. The largest absolute Gasteiger partial charge is 0.336 e. The van der Waals surface area contributed by atoms with Crippen molar-refractivity contribution in [2.45, 2.75) is 32.7 Å². The number of hydrogen-bond acceptors (Lipinski definition) is 2. The molecule has 0 N–H and O–H groups in total. The Morgan fingerprint density at radius 3 is 2.54 bits per heavy atom. The van der Waals surface area contributed by atoms with Crippen LogP contribution in [0.1, 0.15) is 39.3 Å². The number of aromatic nitrogens is 2. The van der Waals surface area contributed by atoms with Gasteiger partial charge in [0, 0.05) is 24.8 Å². The number of aryl methyl sites for hydroxylation is 1. The number of carbonyl (C=O) groups excluding carboxylic acids is 1. The quantitative estimate of drug-likeness (QED) is 0.718. The standard InChI is InChI=1S/C22H23N3O/c1-16-11-13-17(14-12-16)15-24(2)22(26)21-19-9-6-10-20(19)25(23-21)18-7-4-3-5-8-18/h3-5,7-8,11-14H,6,9-10,15H2,1-2H3. The van der Waals surface area contributed by atoms with Crippen molar-refractivity contribution in [1.82, 2.24) is 14.7 Å². The highest BCUT2D eigenvalue weighted by atomic mass is 16.2. The van der Waals surface area contributed by atoms with Crippen LogP contribution < -0.4 is 0 Å². The predicted octanol–water partition coefficient (Wildman–Crippen LogP) is 3.94. The van der Waals surface area contributed by atoms with Gasteiger partial charge in [-0.1, -0.05) is 48.0 Å². The zero-order chi connectivity index (χ0) is 18.1. The molecule has 0 radical (unpaired) electrons. The van der Waals surface area contributed by atoms with Gasteiger partial charge in [0.05, 0.1) is 5.69 Å². The second-order valence-corrected chi connectivity index (χ2v) is 7.02. The number of fused-ring (bicyclic) bond motifs is 1. The second-order valence-electron chi connectivity index (χ2n) is 7.02. The molecule has 1 aliphatic carbocycles. The third-order valence-electron chi connectivity index (χ3n) is 5.02. The molecule has 0 fully saturated rings. The van der Waals surface area contributed by atoms with Crippen LogP contribution in [-0.4, -0.2) is 27.6 Å². The summed E-state index contributed by atoms with van der Waals surface area (Å²) in [5, 5.41) is 4.70. The van der Waals surface area contributed by atoms with Crippen LogP contribution in [0.2, 0.25) is 0 Å². The Morgan fingerprint density at radius 2 is 1.81 bits per heavy atom. The van der Waals surface area contributed by atoms with Crippen LogP contribution in [0, 0.1) is 6.92 Å². The van der Waals surface area contributed by atoms with Crippen LogP contribution >= 0.6 is 0 Å². The van der Waals surface area contributed by atoms with E-state index in [0.29, 0.717) is 12.2 Å². The molecule has 2 aromatic carbocycles. The van der Waals surface area contributed by atoms with E-state index >= 15 is 0 Å². The number of benzene rings is 2. The Kier molecular flexibility index (Phi) is 4.33. The third-order valence-corrected chi connectivity index (χ3v) is 5.02. The summed E-state index contributed by atoms with van der Waals surface area (Å²) in [5.41, 5.74) is 6.28. The lowest BCUT2D eigenvalue weighted by Gasteiger charge is -2.16. The van der Waals surface area contributed by atoms with Crippen LogP contribution in [0.25, 0.3) is 5.69 Å². The molecular weight excluding hydrogens is 322 g/mol. The summed E-state index contributed by atoms with van der Waals surface area (Å²) < 4.78 is 1.95. The summed E-state index contributed by atoms with van der Waals surface area (Å²) in [4.78, 5) is 14.8. The fraction of sp³-hybridized carbons (Fsp3) is 0.273. The van der Waals surface area contributed by atoms with E-state index in [0.717, 1.165) is 36.1 Å². The zero-order valence-electron chi connectivity index (χ0n) is 15.3. The van der Waals surface area contributed by atoms with E-state index < -0.39 is 0 Å². The summed E-state index contributed by atoms with van der Waals surface area (Å²) in [5.74, 6) is -0.00148. The first kappa shape index (κ1) is 16.6. The van der Waals surface area contributed by atoms with Crippen LogP contribution in [-0.2, 0) is 19.4 Å². The lowest BCUT2D eigenvalue weighted by Crippen LogP contribution is -2.27. The lowest BCUT2D eigenvalue weighted by atomic mass is 10.1. The first-order valence-corrected chi connectivity index (χ1v) is 9.10. The fourth-order valence-corrected chi connectivity index (χ4v) is 3.61. The van der Waals surface area contributed by atoms with Crippen molar-refractivity contribution in [3.63, 3.8) is 0 Å². The first-order valence-electron chi connectivity index (χ1n) is 9.10. The van der Waals surface area contributed by atoms with Gasteiger partial charge < -0.3 is 4.90 Å². The van der Waals surface area contributed by atoms with E-state index in [1.165, 1.54) is 11.3 Å². The molecule has 132 valence electrons. The molecule has 1 aliphatic rings. The Hall–Kier alpha value is -2.88. The molecule has 0 saturated heterocycles. The summed E-state index contributed by atoms with van der Waals surface area (Å²) in [6, 6.07) is 18.4. The maximum atomic E-state index is 13.1. The second kappa shape index (κ2) is 6.79. The van der Waals surface area contributed by atoms with E-state index in [2.05, 4.69) is 31.2 Å². The molecule has 0 saturated carbocycles. The Bertz CT molecular complexity index is 926. The average Bonchev–Trinajstić information content (AvgIpc) is 3.26. The molecule has 0 atom stereocenters. The Morgan fingerprint density at radius 1 is 1.08 bits per heavy atom. The van der Waals surface area contributed by atoms with Gasteiger partial charge >= 0.3 is 0 Å². The SMILES string of the molecule is Cc1ccc(CN(C)C(=O)c2nn(-c3ccccc3)c3c2CCC3)cc1. The van der Waals surface area contributed by atoms with E-state index in [9.17, 15) is 4.79 Å². The summed E-state index contributed by atoms with van der Waals surface area (Å²) in [7, 11) is 1.85. The first-order chi connectivity index (χ1) is 12.6. The number of rotatable bonds is 4. The van der Waals surface area contributed by atoms with E-state index in [1.807, 2.05) is 42.1 Å². The van der Waals surface area contributed by atoms with Crippen molar-refractivity contribution in [1.29, 1.82) is 0 Å².